The van der Waals surface area contributed by atoms with E-state index < -0.39 is 0 Å². The number of hydrazone groups is 1. The molecule has 3 nitrogen and oxygen atoms in total. The summed E-state index contributed by atoms with van der Waals surface area (Å²) in [6.07, 6.45) is 6.46. The van der Waals surface area contributed by atoms with E-state index in [1.54, 1.807) is 0 Å². The average Bonchev–Trinajstić information content (AvgIpc) is 2.39. The first-order valence-electron chi connectivity index (χ1n) is 6.58. The molecule has 1 aromatic carbocycles. The molecule has 0 radical (unpaired) electrons. The highest BCUT2D eigenvalue weighted by molar-refractivity contribution is 5.82. The second-order valence-electron chi connectivity index (χ2n) is 5.04. The van der Waals surface area contributed by atoms with Gasteiger partial charge in [0.15, 0.2) is 0 Å². The molecular weight excluding hydrogens is 224 g/mol. The van der Waals surface area contributed by atoms with Gasteiger partial charge in [0.05, 0.1) is 6.21 Å². The summed E-state index contributed by atoms with van der Waals surface area (Å²) in [5.41, 5.74) is 1.73. The lowest BCUT2D eigenvalue weighted by Crippen LogP contribution is -2.39. The maximum Gasteiger partial charge on any atom is 0.150 e. The molecule has 0 bridgehead atoms. The maximum atomic E-state index is 10.6. The minimum atomic E-state index is 0.513. The van der Waals surface area contributed by atoms with Gasteiger partial charge >= 0.3 is 0 Å². The Bertz CT molecular complexity index is 415. The average molecular weight is 244 g/mol. The van der Waals surface area contributed by atoms with Gasteiger partial charge in [-0.25, -0.2) is 0 Å². The van der Waals surface area contributed by atoms with Crippen LogP contribution >= 0.6 is 0 Å². The van der Waals surface area contributed by atoms with Gasteiger partial charge in [0.2, 0.25) is 0 Å². The number of hydrogen-bond acceptors (Lipinski definition) is 3. The Morgan fingerprint density at radius 2 is 1.67 bits per heavy atom. The SMILES string of the molecule is CC1CCCC(C)N1N=Cc1ccc(C=O)cc1. The Hall–Kier alpha value is -1.64. The standard InChI is InChI=1S/C15H20N2O/c1-12-4-3-5-13(2)17(12)16-10-14-6-8-15(11-18)9-7-14/h6-13H,3-5H2,1-2H3. The quantitative estimate of drug-likeness (QED) is 0.604. The van der Waals surface area contributed by atoms with Gasteiger partial charge in [0.25, 0.3) is 0 Å². The van der Waals surface area contributed by atoms with E-state index in [1.807, 2.05) is 30.5 Å². The van der Waals surface area contributed by atoms with Crippen molar-refractivity contribution in [2.75, 3.05) is 0 Å². The predicted octanol–water partition coefficient (Wildman–Crippen LogP) is 3.10. The molecule has 2 unspecified atom stereocenters. The summed E-state index contributed by atoms with van der Waals surface area (Å²) in [5, 5.41) is 6.78. The van der Waals surface area contributed by atoms with Crippen molar-refractivity contribution in [2.45, 2.75) is 45.2 Å². The van der Waals surface area contributed by atoms with Gasteiger partial charge in [-0.15, -0.1) is 0 Å². The lowest BCUT2D eigenvalue weighted by atomic mass is 10.00. The van der Waals surface area contributed by atoms with E-state index >= 15 is 0 Å². The van der Waals surface area contributed by atoms with Crippen molar-refractivity contribution < 1.29 is 4.79 Å². The van der Waals surface area contributed by atoms with Crippen molar-refractivity contribution in [3.63, 3.8) is 0 Å². The summed E-state index contributed by atoms with van der Waals surface area (Å²) < 4.78 is 0. The molecule has 1 heterocycles. The summed E-state index contributed by atoms with van der Waals surface area (Å²) in [6, 6.07) is 8.51. The maximum absolute atomic E-state index is 10.6. The Morgan fingerprint density at radius 1 is 1.11 bits per heavy atom. The zero-order valence-electron chi connectivity index (χ0n) is 11.0. The van der Waals surface area contributed by atoms with Crippen LogP contribution < -0.4 is 0 Å². The van der Waals surface area contributed by atoms with E-state index in [2.05, 4.69) is 24.0 Å². The molecule has 0 N–H and O–H groups in total. The molecule has 0 aromatic heterocycles. The number of aldehydes is 1. The molecule has 0 aliphatic carbocycles. The smallest absolute Gasteiger partial charge is 0.150 e. The number of nitrogens with zero attached hydrogens (tertiary/aromatic N) is 2. The van der Waals surface area contributed by atoms with E-state index in [0.29, 0.717) is 17.6 Å². The Balaban J connectivity index is 2.06. The summed E-state index contributed by atoms with van der Waals surface area (Å²) in [7, 11) is 0. The molecule has 3 heteroatoms. The van der Waals surface area contributed by atoms with Crippen molar-refractivity contribution in [3.8, 4) is 0 Å². The van der Waals surface area contributed by atoms with E-state index in [1.165, 1.54) is 19.3 Å². The fourth-order valence-corrected chi connectivity index (χ4v) is 2.43. The largest absolute Gasteiger partial charge is 0.298 e. The van der Waals surface area contributed by atoms with Gasteiger partial charge in [-0.05, 0) is 38.7 Å². The lowest BCUT2D eigenvalue weighted by Gasteiger charge is -2.36. The van der Waals surface area contributed by atoms with Crippen LogP contribution in [0, 0.1) is 0 Å². The van der Waals surface area contributed by atoms with E-state index in [9.17, 15) is 4.79 Å². The molecule has 1 aliphatic rings. The van der Waals surface area contributed by atoms with Crippen molar-refractivity contribution in [2.24, 2.45) is 5.10 Å². The topological polar surface area (TPSA) is 32.7 Å². The van der Waals surface area contributed by atoms with Crippen LogP contribution in [0.4, 0.5) is 0 Å². The van der Waals surface area contributed by atoms with Gasteiger partial charge in [0.1, 0.15) is 6.29 Å². The van der Waals surface area contributed by atoms with Crippen LogP contribution in [-0.2, 0) is 0 Å². The summed E-state index contributed by atoms with van der Waals surface area (Å²) >= 11 is 0. The molecule has 1 aromatic rings. The summed E-state index contributed by atoms with van der Waals surface area (Å²) in [6.45, 7) is 4.45. The Kier molecular flexibility index (Phi) is 4.13. The monoisotopic (exact) mass is 244 g/mol. The first-order valence-corrected chi connectivity index (χ1v) is 6.58. The molecule has 0 spiro atoms. The lowest BCUT2D eigenvalue weighted by molar-refractivity contribution is 0.109. The van der Waals surface area contributed by atoms with E-state index in [4.69, 9.17) is 0 Å². The number of carbonyl (C=O) groups is 1. The fraction of sp³-hybridized carbons (Fsp3) is 0.467. The minimum absolute atomic E-state index is 0.513. The zero-order valence-corrected chi connectivity index (χ0v) is 11.0. The van der Waals surface area contributed by atoms with Crippen LogP contribution in [0.3, 0.4) is 0 Å². The Morgan fingerprint density at radius 3 is 2.22 bits per heavy atom. The second kappa shape index (κ2) is 5.80. The highest BCUT2D eigenvalue weighted by Crippen LogP contribution is 2.22. The summed E-state index contributed by atoms with van der Waals surface area (Å²) in [4.78, 5) is 10.6. The number of rotatable bonds is 3. The minimum Gasteiger partial charge on any atom is -0.298 e. The number of piperidine rings is 1. The van der Waals surface area contributed by atoms with E-state index in [0.717, 1.165) is 11.8 Å². The van der Waals surface area contributed by atoms with Gasteiger partial charge in [-0.2, -0.15) is 5.10 Å². The van der Waals surface area contributed by atoms with Crippen molar-refractivity contribution in [3.05, 3.63) is 35.4 Å². The van der Waals surface area contributed by atoms with Crippen molar-refractivity contribution in [1.29, 1.82) is 0 Å². The molecule has 18 heavy (non-hydrogen) atoms. The highest BCUT2D eigenvalue weighted by atomic mass is 16.1. The van der Waals surface area contributed by atoms with Gasteiger partial charge < -0.3 is 0 Å². The number of benzene rings is 1. The molecule has 1 fully saturated rings. The van der Waals surface area contributed by atoms with E-state index in [-0.39, 0.29) is 0 Å². The molecule has 96 valence electrons. The molecule has 0 saturated carbocycles. The van der Waals surface area contributed by atoms with Crippen LogP contribution in [0.15, 0.2) is 29.4 Å². The highest BCUT2D eigenvalue weighted by Gasteiger charge is 2.22. The number of carbonyl (C=O) groups excluding carboxylic acids is 1. The van der Waals surface area contributed by atoms with Gasteiger partial charge in [-0.1, -0.05) is 24.3 Å². The molecule has 0 amide bonds. The van der Waals surface area contributed by atoms with Gasteiger partial charge in [0, 0.05) is 17.6 Å². The van der Waals surface area contributed by atoms with Gasteiger partial charge in [-0.3, -0.25) is 9.80 Å². The molecular formula is C15H20N2O. The van der Waals surface area contributed by atoms with Crippen LogP contribution in [0.25, 0.3) is 0 Å². The molecule has 2 rings (SSSR count). The van der Waals surface area contributed by atoms with Crippen LogP contribution in [0.2, 0.25) is 0 Å². The number of hydrogen-bond donors (Lipinski definition) is 0. The zero-order chi connectivity index (χ0) is 13.0. The first kappa shape index (κ1) is 12.8. The van der Waals surface area contributed by atoms with Crippen molar-refractivity contribution in [1.82, 2.24) is 5.01 Å². The third-order valence-electron chi connectivity index (χ3n) is 3.56. The molecule has 1 aliphatic heterocycles. The fourth-order valence-electron chi connectivity index (χ4n) is 2.43. The molecule has 1 saturated heterocycles. The molecule has 2 atom stereocenters. The van der Waals surface area contributed by atoms with Crippen LogP contribution in [-0.4, -0.2) is 29.6 Å². The Labute approximate surface area is 108 Å². The van der Waals surface area contributed by atoms with Crippen LogP contribution in [0.1, 0.15) is 49.0 Å². The van der Waals surface area contributed by atoms with Crippen molar-refractivity contribution >= 4 is 12.5 Å². The third kappa shape index (κ3) is 2.97. The first-order chi connectivity index (χ1) is 8.70. The summed E-state index contributed by atoms with van der Waals surface area (Å²) in [5.74, 6) is 0. The third-order valence-corrected chi connectivity index (χ3v) is 3.56. The second-order valence-corrected chi connectivity index (χ2v) is 5.04. The normalized spacial score (nSPS) is 24.4. The predicted molar refractivity (Wildman–Crippen MR) is 74.0 cm³/mol. The van der Waals surface area contributed by atoms with Crippen LogP contribution in [0.5, 0.6) is 0 Å².